The van der Waals surface area contributed by atoms with E-state index in [4.69, 9.17) is 9.52 Å². The summed E-state index contributed by atoms with van der Waals surface area (Å²) >= 11 is 2.08. The lowest BCUT2D eigenvalue weighted by molar-refractivity contribution is 0.392. The van der Waals surface area contributed by atoms with E-state index in [9.17, 15) is 0 Å². The smallest absolute Gasteiger partial charge is 0.191 e. The molecule has 2 atom stereocenters. The van der Waals surface area contributed by atoms with Crippen LogP contribution in [-0.4, -0.2) is 41.3 Å². The Bertz CT molecular complexity index is 501. The minimum Gasteiger partial charge on any atom is -0.361 e. The first-order valence-electron chi connectivity index (χ1n) is 8.72. The molecule has 1 aliphatic carbocycles. The summed E-state index contributed by atoms with van der Waals surface area (Å²) in [6, 6.07) is 0.552. The summed E-state index contributed by atoms with van der Waals surface area (Å²) in [5.41, 5.74) is 2.16. The van der Waals surface area contributed by atoms with Gasteiger partial charge in [-0.1, -0.05) is 12.1 Å². The highest BCUT2D eigenvalue weighted by Crippen LogP contribution is 2.29. The number of aryl methyl sites for hydroxylation is 2. The van der Waals surface area contributed by atoms with E-state index in [1.807, 2.05) is 13.8 Å². The lowest BCUT2D eigenvalue weighted by Gasteiger charge is -2.17. The molecule has 1 aromatic heterocycles. The van der Waals surface area contributed by atoms with E-state index in [1.165, 1.54) is 30.6 Å². The Morgan fingerprint density at radius 2 is 2.12 bits per heavy atom. The highest BCUT2D eigenvalue weighted by atomic mass is 127. The molecule has 0 aromatic carbocycles. The monoisotopic (exact) mass is 466 g/mol. The molecule has 1 aromatic rings. The molecule has 138 valence electrons. The second-order valence-corrected chi connectivity index (χ2v) is 7.62. The molecule has 1 fully saturated rings. The molecule has 0 aliphatic heterocycles. The van der Waals surface area contributed by atoms with Crippen molar-refractivity contribution in [3.05, 3.63) is 17.0 Å². The molecule has 24 heavy (non-hydrogen) atoms. The van der Waals surface area contributed by atoms with Crippen LogP contribution in [-0.2, 0) is 6.42 Å². The zero-order chi connectivity index (χ0) is 16.7. The fourth-order valence-electron chi connectivity index (χ4n) is 3.11. The Labute approximate surface area is 167 Å². The van der Waals surface area contributed by atoms with Gasteiger partial charge in [0.25, 0.3) is 0 Å². The minimum atomic E-state index is 0. The Hall–Kier alpha value is -0.440. The molecule has 2 N–H and O–H groups in total. The average Bonchev–Trinajstić information content (AvgIpc) is 3.08. The molecule has 7 heteroatoms. The lowest BCUT2D eigenvalue weighted by Crippen LogP contribution is -2.42. The van der Waals surface area contributed by atoms with Gasteiger partial charge in [-0.3, -0.25) is 4.99 Å². The number of rotatable bonds is 7. The summed E-state index contributed by atoms with van der Waals surface area (Å²) in [5.74, 6) is 3.06. The minimum absolute atomic E-state index is 0. The summed E-state index contributed by atoms with van der Waals surface area (Å²) in [5, 5.41) is 11.8. The first-order chi connectivity index (χ1) is 11.1. The zero-order valence-electron chi connectivity index (χ0n) is 15.2. The molecule has 0 spiro atoms. The van der Waals surface area contributed by atoms with Crippen LogP contribution in [0.4, 0.5) is 0 Å². The van der Waals surface area contributed by atoms with Crippen molar-refractivity contribution in [3.8, 4) is 0 Å². The molecule has 1 saturated carbocycles. The van der Waals surface area contributed by atoms with Crippen LogP contribution in [0.1, 0.15) is 50.1 Å². The lowest BCUT2D eigenvalue weighted by atomic mass is 10.1. The van der Waals surface area contributed by atoms with Crippen molar-refractivity contribution < 1.29 is 4.52 Å². The van der Waals surface area contributed by atoms with Crippen LogP contribution in [0.15, 0.2) is 9.52 Å². The third-order valence-corrected chi connectivity index (χ3v) is 5.52. The Kier molecular flexibility index (Phi) is 10.1. The number of hydrogen-bond donors (Lipinski definition) is 2. The molecule has 0 bridgehead atoms. The maximum atomic E-state index is 5.21. The maximum Gasteiger partial charge on any atom is 0.191 e. The molecule has 0 radical (unpaired) electrons. The molecule has 0 saturated heterocycles. The van der Waals surface area contributed by atoms with Gasteiger partial charge in [-0.2, -0.15) is 11.8 Å². The fourth-order valence-corrected chi connectivity index (χ4v) is 4.25. The average molecular weight is 466 g/mol. The van der Waals surface area contributed by atoms with E-state index in [1.54, 1.807) is 0 Å². The van der Waals surface area contributed by atoms with E-state index in [0.717, 1.165) is 42.2 Å². The van der Waals surface area contributed by atoms with E-state index < -0.39 is 0 Å². The third kappa shape index (κ3) is 6.46. The Morgan fingerprint density at radius 3 is 2.75 bits per heavy atom. The van der Waals surface area contributed by atoms with Crippen molar-refractivity contribution in [2.75, 3.05) is 18.8 Å². The predicted octanol–water partition coefficient (Wildman–Crippen LogP) is 3.68. The van der Waals surface area contributed by atoms with E-state index in [2.05, 4.69) is 41.4 Å². The van der Waals surface area contributed by atoms with Crippen molar-refractivity contribution in [1.29, 1.82) is 0 Å². The summed E-state index contributed by atoms with van der Waals surface area (Å²) in [6.07, 6.45) is 4.67. The third-order valence-electron chi connectivity index (χ3n) is 4.28. The van der Waals surface area contributed by atoms with Crippen LogP contribution < -0.4 is 10.6 Å². The molecule has 5 nitrogen and oxygen atoms in total. The zero-order valence-corrected chi connectivity index (χ0v) is 18.4. The first kappa shape index (κ1) is 21.6. The normalized spacial score (nSPS) is 20.8. The van der Waals surface area contributed by atoms with Crippen LogP contribution in [0.2, 0.25) is 0 Å². The molecule has 2 unspecified atom stereocenters. The van der Waals surface area contributed by atoms with Gasteiger partial charge >= 0.3 is 0 Å². The first-order valence-corrected chi connectivity index (χ1v) is 9.77. The van der Waals surface area contributed by atoms with Crippen LogP contribution in [0, 0.1) is 13.8 Å². The summed E-state index contributed by atoms with van der Waals surface area (Å²) in [6.45, 7) is 9.94. The molecule has 2 rings (SSSR count). The van der Waals surface area contributed by atoms with Crippen molar-refractivity contribution in [1.82, 2.24) is 15.8 Å². The van der Waals surface area contributed by atoms with Gasteiger partial charge in [0.05, 0.1) is 5.69 Å². The molecular weight excluding hydrogens is 435 g/mol. The largest absolute Gasteiger partial charge is 0.361 e. The number of nitrogens with zero attached hydrogens (tertiary/aromatic N) is 2. The van der Waals surface area contributed by atoms with Crippen LogP contribution in [0.5, 0.6) is 0 Å². The molecule has 0 amide bonds. The van der Waals surface area contributed by atoms with E-state index >= 15 is 0 Å². The van der Waals surface area contributed by atoms with Gasteiger partial charge < -0.3 is 15.2 Å². The van der Waals surface area contributed by atoms with E-state index in [0.29, 0.717) is 6.04 Å². The number of guanidine groups is 1. The number of nitrogens with one attached hydrogen (secondary N) is 2. The van der Waals surface area contributed by atoms with Gasteiger partial charge in [-0.05, 0) is 52.2 Å². The van der Waals surface area contributed by atoms with Crippen LogP contribution in [0.25, 0.3) is 0 Å². The maximum absolute atomic E-state index is 5.21. The number of aromatic nitrogens is 1. The predicted molar refractivity (Wildman–Crippen MR) is 114 cm³/mol. The summed E-state index contributed by atoms with van der Waals surface area (Å²) in [7, 11) is 0. The van der Waals surface area contributed by atoms with Crippen molar-refractivity contribution in [3.63, 3.8) is 0 Å². The topological polar surface area (TPSA) is 62.5 Å². The van der Waals surface area contributed by atoms with Crippen molar-refractivity contribution >= 4 is 41.7 Å². The highest BCUT2D eigenvalue weighted by molar-refractivity contribution is 14.0. The molecule has 1 heterocycles. The van der Waals surface area contributed by atoms with Gasteiger partial charge in [0.1, 0.15) is 5.76 Å². The Balaban J connectivity index is 0.00000288. The number of halogens is 1. The number of aliphatic imine (C=N–C) groups is 1. The second kappa shape index (κ2) is 11.2. The van der Waals surface area contributed by atoms with Crippen LogP contribution >= 0.6 is 35.7 Å². The van der Waals surface area contributed by atoms with Crippen molar-refractivity contribution in [2.45, 2.75) is 64.7 Å². The highest BCUT2D eigenvalue weighted by Gasteiger charge is 2.25. The van der Waals surface area contributed by atoms with Crippen molar-refractivity contribution in [2.24, 2.45) is 4.99 Å². The number of thioether (sulfide) groups is 1. The second-order valence-electron chi connectivity index (χ2n) is 6.05. The number of hydrogen-bond acceptors (Lipinski definition) is 4. The summed E-state index contributed by atoms with van der Waals surface area (Å²) < 4.78 is 5.21. The van der Waals surface area contributed by atoms with E-state index in [-0.39, 0.29) is 24.0 Å². The Morgan fingerprint density at radius 1 is 1.33 bits per heavy atom. The molecular formula is C17H31IN4OS. The SMILES string of the molecule is CCNC(=NCCc1c(C)noc1C)NC1CCC(SCC)C1.I. The van der Waals surface area contributed by atoms with Gasteiger partial charge in [-0.15, -0.1) is 24.0 Å². The van der Waals surface area contributed by atoms with Gasteiger partial charge in [0.2, 0.25) is 0 Å². The van der Waals surface area contributed by atoms with Gasteiger partial charge in [0.15, 0.2) is 5.96 Å². The fraction of sp³-hybridized carbons (Fsp3) is 0.765. The van der Waals surface area contributed by atoms with Gasteiger partial charge in [-0.25, -0.2) is 0 Å². The van der Waals surface area contributed by atoms with Crippen LogP contribution in [0.3, 0.4) is 0 Å². The summed E-state index contributed by atoms with van der Waals surface area (Å²) in [4.78, 5) is 4.72. The van der Waals surface area contributed by atoms with Gasteiger partial charge in [0, 0.05) is 29.9 Å². The standard InChI is InChI=1S/C17H30N4OS.HI/c1-5-18-17(20-14-7-8-15(11-14)23-6-2)19-10-9-16-12(3)21-22-13(16)4;/h14-15H,5-11H2,1-4H3,(H2,18,19,20);1H. The quantitative estimate of drug-likeness (QED) is 0.365. The molecule has 1 aliphatic rings.